The van der Waals surface area contributed by atoms with Gasteiger partial charge in [0.15, 0.2) is 0 Å². The largest absolute Gasteiger partial charge is 0.379 e. The second-order valence-corrected chi connectivity index (χ2v) is 7.90. The van der Waals surface area contributed by atoms with E-state index in [9.17, 15) is 14.9 Å². The number of hydrogen-bond donors (Lipinski definition) is 1. The van der Waals surface area contributed by atoms with E-state index in [1.807, 2.05) is 36.4 Å². The number of hydrogen-bond acceptors (Lipinski definition) is 6. The minimum Gasteiger partial charge on any atom is -0.379 e. The number of nitrogens with zero attached hydrogens (tertiary/aromatic N) is 3. The van der Waals surface area contributed by atoms with Gasteiger partial charge in [0.1, 0.15) is 0 Å². The molecule has 1 N–H and O–H groups in total. The van der Waals surface area contributed by atoms with E-state index < -0.39 is 4.92 Å². The van der Waals surface area contributed by atoms with Crippen LogP contribution in [0.5, 0.6) is 0 Å². The zero-order valence-corrected chi connectivity index (χ0v) is 20.9. The molecule has 35 heavy (non-hydrogen) atoms. The number of aromatic nitrogens is 1. The topological polar surface area (TPSA) is 97.6 Å². The molecule has 0 spiro atoms. The summed E-state index contributed by atoms with van der Waals surface area (Å²) in [5.41, 5.74) is 3.81. The smallest absolute Gasteiger partial charge is 0.270 e. The number of pyridine rings is 1. The highest BCUT2D eigenvalue weighted by Gasteiger charge is 2.21. The molecule has 10 heteroatoms. The van der Waals surface area contributed by atoms with Gasteiger partial charge in [-0.15, -0.1) is 24.8 Å². The molecule has 4 rings (SSSR count). The summed E-state index contributed by atoms with van der Waals surface area (Å²) < 4.78 is 5.37. The lowest BCUT2D eigenvalue weighted by atomic mass is 9.95. The lowest BCUT2D eigenvalue weighted by Crippen LogP contribution is -2.41. The molecular weight excluding hydrogens is 491 g/mol. The zero-order chi connectivity index (χ0) is 23.2. The molecular formula is C25H28Cl2N4O4. The molecule has 1 saturated heterocycles. The number of ether oxygens (including phenoxy) is 1. The van der Waals surface area contributed by atoms with Gasteiger partial charge in [0.05, 0.1) is 35.1 Å². The minimum atomic E-state index is -0.433. The first-order valence-corrected chi connectivity index (χ1v) is 10.9. The first-order valence-electron chi connectivity index (χ1n) is 10.9. The number of benzene rings is 2. The van der Waals surface area contributed by atoms with Gasteiger partial charge < -0.3 is 10.1 Å². The number of nitro benzene ring substituents is 1. The van der Waals surface area contributed by atoms with Gasteiger partial charge >= 0.3 is 0 Å². The van der Waals surface area contributed by atoms with Crippen LogP contribution >= 0.6 is 24.8 Å². The number of halogens is 2. The molecule has 0 aliphatic carbocycles. The summed E-state index contributed by atoms with van der Waals surface area (Å²) in [6, 6.07) is 17.8. The Hall–Kier alpha value is -3.04. The molecule has 186 valence electrons. The molecule has 0 atom stereocenters. The van der Waals surface area contributed by atoms with Crippen LogP contribution in [0, 0.1) is 17.0 Å². The van der Waals surface area contributed by atoms with Crippen molar-refractivity contribution in [3.8, 4) is 22.4 Å². The van der Waals surface area contributed by atoms with Gasteiger partial charge in [-0.05, 0) is 24.1 Å². The van der Waals surface area contributed by atoms with Crippen LogP contribution in [0.4, 0.5) is 5.69 Å². The van der Waals surface area contributed by atoms with E-state index in [4.69, 9.17) is 4.74 Å². The third-order valence-electron chi connectivity index (χ3n) is 5.68. The lowest BCUT2D eigenvalue weighted by Gasteiger charge is -2.26. The maximum absolute atomic E-state index is 13.2. The summed E-state index contributed by atoms with van der Waals surface area (Å²) in [5, 5.41) is 14.3. The van der Waals surface area contributed by atoms with Crippen molar-refractivity contribution in [1.82, 2.24) is 15.2 Å². The number of rotatable bonds is 7. The third-order valence-corrected chi connectivity index (χ3v) is 5.68. The highest BCUT2D eigenvalue weighted by molar-refractivity contribution is 6.02. The Morgan fingerprint density at radius 1 is 1.06 bits per heavy atom. The highest BCUT2D eigenvalue weighted by Crippen LogP contribution is 2.32. The van der Waals surface area contributed by atoms with Crippen molar-refractivity contribution >= 4 is 36.4 Å². The average Bonchev–Trinajstić information content (AvgIpc) is 2.84. The maximum Gasteiger partial charge on any atom is 0.270 e. The van der Waals surface area contributed by atoms with Gasteiger partial charge in [-0.3, -0.25) is 24.8 Å². The Morgan fingerprint density at radius 2 is 1.74 bits per heavy atom. The Morgan fingerprint density at radius 3 is 2.43 bits per heavy atom. The lowest BCUT2D eigenvalue weighted by molar-refractivity contribution is -0.384. The molecule has 2 heterocycles. The Labute approximate surface area is 216 Å². The number of carbonyl (C=O) groups is 1. The molecule has 1 fully saturated rings. The van der Waals surface area contributed by atoms with Crippen LogP contribution in [0.1, 0.15) is 16.1 Å². The molecule has 0 unspecified atom stereocenters. The molecule has 0 saturated carbocycles. The number of aryl methyl sites for hydroxylation is 1. The van der Waals surface area contributed by atoms with E-state index in [0.717, 1.165) is 25.2 Å². The summed E-state index contributed by atoms with van der Waals surface area (Å²) in [4.78, 5) is 31.1. The maximum atomic E-state index is 13.2. The average molecular weight is 519 g/mol. The summed E-state index contributed by atoms with van der Waals surface area (Å²) >= 11 is 0. The van der Waals surface area contributed by atoms with Gasteiger partial charge in [-0.2, -0.15) is 0 Å². The third kappa shape index (κ3) is 6.99. The minimum absolute atomic E-state index is 0. The fraction of sp³-hybridized carbons (Fsp3) is 0.280. The first-order chi connectivity index (χ1) is 16.0. The molecule has 1 aliphatic rings. The zero-order valence-electron chi connectivity index (χ0n) is 19.3. The molecule has 0 radical (unpaired) electrons. The van der Waals surface area contributed by atoms with Crippen molar-refractivity contribution in [1.29, 1.82) is 0 Å². The normalized spacial score (nSPS) is 13.3. The van der Waals surface area contributed by atoms with Crippen molar-refractivity contribution in [3.05, 3.63) is 82.0 Å². The van der Waals surface area contributed by atoms with Crippen molar-refractivity contribution < 1.29 is 14.5 Å². The number of amides is 1. The second-order valence-electron chi connectivity index (χ2n) is 7.90. The van der Waals surface area contributed by atoms with Crippen molar-refractivity contribution in [2.24, 2.45) is 0 Å². The predicted molar refractivity (Wildman–Crippen MR) is 141 cm³/mol. The Balaban J connectivity index is 0.00000216. The van der Waals surface area contributed by atoms with E-state index >= 15 is 0 Å². The van der Waals surface area contributed by atoms with Gasteiger partial charge in [-0.1, -0.05) is 42.5 Å². The van der Waals surface area contributed by atoms with Crippen molar-refractivity contribution in [2.45, 2.75) is 6.92 Å². The van der Waals surface area contributed by atoms with Gasteiger partial charge in [-0.25, -0.2) is 0 Å². The SMILES string of the molecule is Cc1nc(-c2ccccc2)cc(-c2cccc([N+](=O)[O-])c2)c1C(=O)NCCN1CCOCC1.Cl.Cl. The molecule has 8 nitrogen and oxygen atoms in total. The van der Waals surface area contributed by atoms with E-state index in [0.29, 0.717) is 47.8 Å². The van der Waals surface area contributed by atoms with E-state index in [1.54, 1.807) is 19.1 Å². The highest BCUT2D eigenvalue weighted by atomic mass is 35.5. The van der Waals surface area contributed by atoms with Crippen molar-refractivity contribution in [3.63, 3.8) is 0 Å². The summed E-state index contributed by atoms with van der Waals surface area (Å²) in [6.07, 6.45) is 0. The summed E-state index contributed by atoms with van der Waals surface area (Å²) in [6.45, 7) is 6.12. The standard InChI is InChI=1S/C25H26N4O4.2ClH/c1-18-24(25(30)26-10-11-28-12-14-33-15-13-28)22(20-8-5-9-21(16-20)29(31)32)17-23(27-18)19-6-3-2-4-7-19;;/h2-9,16-17H,10-15H2,1H3,(H,26,30);2*1H. The fourth-order valence-corrected chi connectivity index (χ4v) is 3.97. The molecule has 0 bridgehead atoms. The van der Waals surface area contributed by atoms with Crippen molar-refractivity contribution in [2.75, 3.05) is 39.4 Å². The van der Waals surface area contributed by atoms with Crippen LogP contribution in [-0.2, 0) is 4.74 Å². The molecule has 2 aromatic carbocycles. The summed E-state index contributed by atoms with van der Waals surface area (Å²) in [5.74, 6) is -0.241. The molecule has 1 amide bonds. The molecule has 1 aliphatic heterocycles. The van der Waals surface area contributed by atoms with E-state index in [2.05, 4.69) is 15.2 Å². The Bertz CT molecular complexity index is 1160. The fourth-order valence-electron chi connectivity index (χ4n) is 3.97. The van der Waals surface area contributed by atoms with Crippen LogP contribution in [0.15, 0.2) is 60.7 Å². The van der Waals surface area contributed by atoms with Crippen LogP contribution in [0.25, 0.3) is 22.4 Å². The van der Waals surface area contributed by atoms with Crippen LogP contribution in [0.2, 0.25) is 0 Å². The number of nitro groups is 1. The van der Waals surface area contributed by atoms with E-state index in [1.165, 1.54) is 12.1 Å². The quantitative estimate of drug-likeness (QED) is 0.364. The molecule has 3 aromatic rings. The number of morpholine rings is 1. The number of non-ortho nitro benzene ring substituents is 1. The monoisotopic (exact) mass is 518 g/mol. The van der Waals surface area contributed by atoms with Crippen LogP contribution in [-0.4, -0.2) is 60.1 Å². The van der Waals surface area contributed by atoms with Crippen LogP contribution in [0.3, 0.4) is 0 Å². The van der Waals surface area contributed by atoms with Gasteiger partial charge in [0.2, 0.25) is 0 Å². The predicted octanol–water partition coefficient (Wildman–Crippen LogP) is 4.54. The Kier molecular flexibility index (Phi) is 10.6. The van der Waals surface area contributed by atoms with Gasteiger partial charge in [0.25, 0.3) is 11.6 Å². The number of carbonyl (C=O) groups excluding carboxylic acids is 1. The number of nitrogens with one attached hydrogen (secondary N) is 1. The second kappa shape index (κ2) is 13.2. The first kappa shape index (κ1) is 28.2. The van der Waals surface area contributed by atoms with E-state index in [-0.39, 0.29) is 36.4 Å². The molecule has 1 aromatic heterocycles. The van der Waals surface area contributed by atoms with Gasteiger partial charge in [0, 0.05) is 43.9 Å². The van der Waals surface area contributed by atoms with Crippen LogP contribution < -0.4 is 5.32 Å². The summed E-state index contributed by atoms with van der Waals surface area (Å²) in [7, 11) is 0.